The fraction of sp³-hybridized carbons (Fsp3) is 0.133. The van der Waals surface area contributed by atoms with E-state index in [1.807, 2.05) is 30.3 Å². The minimum atomic E-state index is -0.301. The van der Waals surface area contributed by atoms with Crippen molar-refractivity contribution in [2.24, 2.45) is 0 Å². The molecule has 5 nitrogen and oxygen atoms in total. The number of hydrogen-bond donors (Lipinski definition) is 2. The number of nitrogens with one attached hydrogen (secondary N) is 2. The zero-order valence-corrected chi connectivity index (χ0v) is 11.3. The first-order chi connectivity index (χ1) is 9.76. The first-order valence-corrected chi connectivity index (χ1v) is 6.08. The Bertz CT molecular complexity index is 585. The molecule has 2 N–H and O–H groups in total. The van der Waals surface area contributed by atoms with Crippen molar-refractivity contribution in [3.63, 3.8) is 0 Å². The number of methoxy groups -OCH3 is 2. The average Bonchev–Trinajstić information content (AvgIpc) is 2.52. The maximum Gasteiger partial charge on any atom is 0.273 e. The molecule has 0 saturated heterocycles. The first-order valence-electron chi connectivity index (χ1n) is 6.08. The van der Waals surface area contributed by atoms with Gasteiger partial charge in [-0.25, -0.2) is 0 Å². The summed E-state index contributed by atoms with van der Waals surface area (Å²) in [6.07, 6.45) is 0. The Balaban J connectivity index is 2.13. The zero-order chi connectivity index (χ0) is 14.4. The largest absolute Gasteiger partial charge is 0.493 e. The van der Waals surface area contributed by atoms with Gasteiger partial charge < -0.3 is 9.47 Å². The Morgan fingerprint density at radius 2 is 1.70 bits per heavy atom. The molecule has 20 heavy (non-hydrogen) atoms. The third-order valence-corrected chi connectivity index (χ3v) is 2.74. The third kappa shape index (κ3) is 3.00. The molecule has 0 aliphatic heterocycles. The van der Waals surface area contributed by atoms with E-state index in [1.165, 1.54) is 14.2 Å². The van der Waals surface area contributed by atoms with Crippen molar-refractivity contribution in [3.8, 4) is 11.5 Å². The van der Waals surface area contributed by atoms with Crippen LogP contribution in [0.1, 0.15) is 10.4 Å². The highest BCUT2D eigenvalue weighted by atomic mass is 16.5. The highest BCUT2D eigenvalue weighted by molar-refractivity contribution is 5.98. The number of amides is 1. The summed E-state index contributed by atoms with van der Waals surface area (Å²) in [5.41, 5.74) is 6.65. The highest BCUT2D eigenvalue weighted by Gasteiger charge is 2.15. The maximum absolute atomic E-state index is 12.2. The molecule has 0 atom stereocenters. The van der Waals surface area contributed by atoms with E-state index in [4.69, 9.17) is 9.47 Å². The Morgan fingerprint density at radius 1 is 0.950 bits per heavy atom. The molecule has 2 rings (SSSR count). The summed E-state index contributed by atoms with van der Waals surface area (Å²) in [6.45, 7) is 0. The number of hydrazine groups is 1. The first kappa shape index (κ1) is 13.7. The van der Waals surface area contributed by atoms with Crippen molar-refractivity contribution >= 4 is 11.6 Å². The van der Waals surface area contributed by atoms with Crippen molar-refractivity contribution in [2.45, 2.75) is 0 Å². The van der Waals surface area contributed by atoms with E-state index in [1.54, 1.807) is 18.2 Å². The SMILES string of the molecule is COc1cccc(C(=O)NNc2ccccc2)c1OC. The summed E-state index contributed by atoms with van der Waals surface area (Å²) in [4.78, 5) is 12.2. The minimum Gasteiger partial charge on any atom is -0.493 e. The van der Waals surface area contributed by atoms with Gasteiger partial charge in [0.25, 0.3) is 5.91 Å². The summed E-state index contributed by atoms with van der Waals surface area (Å²) in [5, 5.41) is 0. The van der Waals surface area contributed by atoms with Crippen molar-refractivity contribution in [3.05, 3.63) is 54.1 Å². The van der Waals surface area contributed by atoms with Crippen LogP contribution in [0, 0.1) is 0 Å². The molecule has 0 spiro atoms. The van der Waals surface area contributed by atoms with Crippen LogP contribution in [0.3, 0.4) is 0 Å². The number of para-hydroxylation sites is 2. The van der Waals surface area contributed by atoms with Gasteiger partial charge in [0.05, 0.1) is 25.5 Å². The number of hydrogen-bond acceptors (Lipinski definition) is 4. The van der Waals surface area contributed by atoms with Gasteiger partial charge >= 0.3 is 0 Å². The van der Waals surface area contributed by atoms with Crippen LogP contribution in [0.25, 0.3) is 0 Å². The number of rotatable bonds is 5. The molecule has 0 saturated carbocycles. The standard InChI is InChI=1S/C15H16N2O3/c1-19-13-10-6-9-12(14(13)20-2)15(18)17-16-11-7-4-3-5-8-11/h3-10,16H,1-2H3,(H,17,18). The number of carbonyl (C=O) groups excluding carboxylic acids is 1. The van der Waals surface area contributed by atoms with E-state index in [0.717, 1.165) is 5.69 Å². The molecule has 0 fully saturated rings. The third-order valence-electron chi connectivity index (χ3n) is 2.74. The van der Waals surface area contributed by atoms with Crippen LogP contribution < -0.4 is 20.3 Å². The van der Waals surface area contributed by atoms with E-state index >= 15 is 0 Å². The summed E-state index contributed by atoms with van der Waals surface area (Å²) in [5.74, 6) is 0.617. The second kappa shape index (κ2) is 6.47. The fourth-order valence-electron chi connectivity index (χ4n) is 1.78. The lowest BCUT2D eigenvalue weighted by atomic mass is 10.2. The van der Waals surface area contributed by atoms with Gasteiger partial charge in [-0.2, -0.15) is 0 Å². The smallest absolute Gasteiger partial charge is 0.273 e. The van der Waals surface area contributed by atoms with Gasteiger partial charge in [0.1, 0.15) is 0 Å². The van der Waals surface area contributed by atoms with Gasteiger partial charge in [-0.15, -0.1) is 0 Å². The summed E-state index contributed by atoms with van der Waals surface area (Å²) < 4.78 is 10.4. The Morgan fingerprint density at radius 3 is 2.35 bits per heavy atom. The Kier molecular flexibility index (Phi) is 4.44. The van der Waals surface area contributed by atoms with E-state index < -0.39 is 0 Å². The van der Waals surface area contributed by atoms with E-state index in [-0.39, 0.29) is 5.91 Å². The molecule has 2 aromatic carbocycles. The zero-order valence-electron chi connectivity index (χ0n) is 11.3. The van der Waals surface area contributed by atoms with Crippen LogP contribution in [0.5, 0.6) is 11.5 Å². The van der Waals surface area contributed by atoms with E-state index in [9.17, 15) is 4.79 Å². The van der Waals surface area contributed by atoms with Gasteiger partial charge in [0.2, 0.25) is 0 Å². The van der Waals surface area contributed by atoms with E-state index in [2.05, 4.69) is 10.9 Å². The molecule has 1 amide bonds. The molecule has 0 bridgehead atoms. The summed E-state index contributed by atoms with van der Waals surface area (Å²) in [6, 6.07) is 14.5. The predicted octanol–water partition coefficient (Wildman–Crippen LogP) is 2.46. The number of anilines is 1. The van der Waals surface area contributed by atoms with Gasteiger partial charge in [0.15, 0.2) is 11.5 Å². The summed E-state index contributed by atoms with van der Waals surface area (Å²) >= 11 is 0. The predicted molar refractivity (Wildman–Crippen MR) is 77.1 cm³/mol. The molecular formula is C15H16N2O3. The molecule has 0 aliphatic carbocycles. The van der Waals surface area contributed by atoms with Crippen LogP contribution in [0.15, 0.2) is 48.5 Å². The molecule has 2 aromatic rings. The average molecular weight is 272 g/mol. The quantitative estimate of drug-likeness (QED) is 0.821. The van der Waals surface area contributed by atoms with Crippen LogP contribution in [-0.2, 0) is 0 Å². The second-order valence-electron chi connectivity index (χ2n) is 3.99. The van der Waals surface area contributed by atoms with Gasteiger partial charge in [-0.1, -0.05) is 24.3 Å². The molecule has 0 aliphatic rings. The lowest BCUT2D eigenvalue weighted by Gasteiger charge is -2.13. The van der Waals surface area contributed by atoms with Crippen LogP contribution in [0.4, 0.5) is 5.69 Å². The molecule has 0 heterocycles. The molecule has 0 unspecified atom stereocenters. The van der Waals surface area contributed by atoms with Crippen molar-refractivity contribution in [1.82, 2.24) is 5.43 Å². The highest BCUT2D eigenvalue weighted by Crippen LogP contribution is 2.30. The van der Waals surface area contributed by atoms with E-state index in [0.29, 0.717) is 17.1 Å². The number of ether oxygens (including phenoxy) is 2. The van der Waals surface area contributed by atoms with Crippen LogP contribution >= 0.6 is 0 Å². The molecular weight excluding hydrogens is 256 g/mol. The molecule has 0 aromatic heterocycles. The van der Waals surface area contributed by atoms with Crippen molar-refractivity contribution in [2.75, 3.05) is 19.6 Å². The van der Waals surface area contributed by atoms with Crippen LogP contribution in [-0.4, -0.2) is 20.1 Å². The lowest BCUT2D eigenvalue weighted by Crippen LogP contribution is -2.29. The van der Waals surface area contributed by atoms with Gasteiger partial charge in [-0.05, 0) is 24.3 Å². The molecule has 5 heteroatoms. The lowest BCUT2D eigenvalue weighted by molar-refractivity contribution is 0.0959. The molecule has 0 radical (unpaired) electrons. The van der Waals surface area contributed by atoms with Gasteiger partial charge in [0, 0.05) is 0 Å². The Labute approximate surface area is 117 Å². The summed E-state index contributed by atoms with van der Waals surface area (Å²) in [7, 11) is 3.03. The second-order valence-corrected chi connectivity index (χ2v) is 3.99. The number of carbonyl (C=O) groups is 1. The minimum absolute atomic E-state index is 0.301. The number of benzene rings is 2. The van der Waals surface area contributed by atoms with Crippen molar-refractivity contribution < 1.29 is 14.3 Å². The topological polar surface area (TPSA) is 59.6 Å². The van der Waals surface area contributed by atoms with Crippen LogP contribution in [0.2, 0.25) is 0 Å². The maximum atomic E-state index is 12.2. The molecule has 104 valence electrons. The van der Waals surface area contributed by atoms with Gasteiger partial charge in [-0.3, -0.25) is 15.6 Å². The fourth-order valence-corrected chi connectivity index (χ4v) is 1.78. The Hall–Kier alpha value is -2.69. The normalized spacial score (nSPS) is 9.70. The van der Waals surface area contributed by atoms with Crippen molar-refractivity contribution in [1.29, 1.82) is 0 Å². The monoisotopic (exact) mass is 272 g/mol.